The number of nitrogens with one attached hydrogen (secondary N) is 2. The van der Waals surface area contributed by atoms with Gasteiger partial charge in [0, 0.05) is 41.9 Å². The first-order chi connectivity index (χ1) is 5.66. The standard InChI is InChI=1S/C7H9BrN2O2/c1-6(11)9-4-5-10-7(12)2-3-8/h4-5H2,1H3,(H,9,11)(H,10,12). The summed E-state index contributed by atoms with van der Waals surface area (Å²) in [6.07, 6.45) is 0. The largest absolute Gasteiger partial charge is 0.355 e. The molecule has 5 heteroatoms. The molecule has 0 aliphatic rings. The van der Waals surface area contributed by atoms with Crippen molar-refractivity contribution in [2.24, 2.45) is 0 Å². The Morgan fingerprint density at radius 1 is 1.33 bits per heavy atom. The molecule has 0 heterocycles. The highest BCUT2D eigenvalue weighted by Crippen LogP contribution is 1.69. The second-order valence-corrected chi connectivity index (χ2v) is 2.35. The fourth-order valence-electron chi connectivity index (χ4n) is 0.502. The van der Waals surface area contributed by atoms with Gasteiger partial charge in [0.25, 0.3) is 5.91 Å². The molecule has 2 amide bonds. The van der Waals surface area contributed by atoms with Crippen LogP contribution in [0.3, 0.4) is 0 Å². The smallest absolute Gasteiger partial charge is 0.296 e. The molecular weight excluding hydrogens is 224 g/mol. The lowest BCUT2D eigenvalue weighted by Gasteiger charge is -2.00. The molecule has 0 saturated carbocycles. The van der Waals surface area contributed by atoms with E-state index in [9.17, 15) is 9.59 Å². The summed E-state index contributed by atoms with van der Waals surface area (Å²) in [6.45, 7) is 2.23. The molecule has 12 heavy (non-hydrogen) atoms. The molecule has 0 unspecified atom stereocenters. The van der Waals surface area contributed by atoms with Crippen molar-refractivity contribution in [1.82, 2.24) is 10.6 Å². The lowest BCUT2D eigenvalue weighted by molar-refractivity contribution is -0.119. The van der Waals surface area contributed by atoms with Crippen LogP contribution in [0.15, 0.2) is 0 Å². The molecule has 0 fully saturated rings. The molecule has 0 aromatic carbocycles. The van der Waals surface area contributed by atoms with Crippen molar-refractivity contribution in [3.8, 4) is 10.8 Å². The highest BCUT2D eigenvalue weighted by atomic mass is 79.9. The Bertz CT molecular complexity index is 229. The summed E-state index contributed by atoms with van der Waals surface area (Å²) in [5, 5.41) is 5.01. The van der Waals surface area contributed by atoms with Crippen molar-refractivity contribution in [3.05, 3.63) is 0 Å². The zero-order valence-electron chi connectivity index (χ0n) is 6.61. The van der Waals surface area contributed by atoms with E-state index in [2.05, 4.69) is 37.3 Å². The molecule has 66 valence electrons. The van der Waals surface area contributed by atoms with Crippen molar-refractivity contribution in [1.29, 1.82) is 0 Å². The van der Waals surface area contributed by atoms with Crippen molar-refractivity contribution >= 4 is 27.7 Å². The normalized spacial score (nSPS) is 7.83. The van der Waals surface area contributed by atoms with Crippen LogP contribution in [0, 0.1) is 10.8 Å². The third-order valence-electron chi connectivity index (χ3n) is 0.945. The van der Waals surface area contributed by atoms with Gasteiger partial charge in [0.2, 0.25) is 5.91 Å². The van der Waals surface area contributed by atoms with E-state index in [1.807, 2.05) is 0 Å². The highest BCUT2D eigenvalue weighted by molar-refractivity contribution is 9.12. The Labute approximate surface area is 79.2 Å². The van der Waals surface area contributed by atoms with Gasteiger partial charge in [0.1, 0.15) is 0 Å². The Kier molecular flexibility index (Phi) is 6.11. The van der Waals surface area contributed by atoms with Gasteiger partial charge in [-0.1, -0.05) is 0 Å². The van der Waals surface area contributed by atoms with Gasteiger partial charge in [0.05, 0.1) is 0 Å². The lowest BCUT2D eigenvalue weighted by atomic mass is 10.5. The summed E-state index contributed by atoms with van der Waals surface area (Å²) in [4.78, 5) is 23.3. The Balaban J connectivity index is 3.36. The summed E-state index contributed by atoms with van der Waals surface area (Å²) in [5.74, 6) is 1.76. The van der Waals surface area contributed by atoms with Crippen LogP contribution in [-0.2, 0) is 9.59 Å². The SMILES string of the molecule is CC(=O)NCCNC(=O)C#CBr. The number of halogens is 1. The summed E-state index contributed by atoms with van der Waals surface area (Å²) in [6, 6.07) is 0. The van der Waals surface area contributed by atoms with Gasteiger partial charge >= 0.3 is 0 Å². The Morgan fingerprint density at radius 3 is 2.42 bits per heavy atom. The second kappa shape index (κ2) is 6.68. The van der Waals surface area contributed by atoms with Crippen LogP contribution in [0.2, 0.25) is 0 Å². The number of carbonyl (C=O) groups is 2. The van der Waals surface area contributed by atoms with Crippen LogP contribution in [0.1, 0.15) is 6.92 Å². The van der Waals surface area contributed by atoms with Gasteiger partial charge in [-0.2, -0.15) is 0 Å². The molecule has 4 nitrogen and oxygen atoms in total. The zero-order valence-corrected chi connectivity index (χ0v) is 8.19. The van der Waals surface area contributed by atoms with E-state index in [1.54, 1.807) is 0 Å². The van der Waals surface area contributed by atoms with Gasteiger partial charge in [-0.25, -0.2) is 0 Å². The zero-order chi connectivity index (χ0) is 9.40. The summed E-state index contributed by atoms with van der Waals surface area (Å²) in [5.41, 5.74) is 0. The van der Waals surface area contributed by atoms with Crippen molar-refractivity contribution < 1.29 is 9.59 Å². The molecule has 2 N–H and O–H groups in total. The topological polar surface area (TPSA) is 58.2 Å². The molecule has 0 atom stereocenters. The minimum Gasteiger partial charge on any atom is -0.355 e. The summed E-state index contributed by atoms with van der Waals surface area (Å²) < 4.78 is 0. The van der Waals surface area contributed by atoms with Crippen molar-refractivity contribution in [2.45, 2.75) is 6.92 Å². The molecular formula is C7H9BrN2O2. The van der Waals surface area contributed by atoms with E-state index in [0.29, 0.717) is 13.1 Å². The van der Waals surface area contributed by atoms with Crippen LogP contribution >= 0.6 is 15.9 Å². The Hall–Kier alpha value is -1.02. The molecule has 0 aliphatic heterocycles. The maximum Gasteiger partial charge on any atom is 0.296 e. The van der Waals surface area contributed by atoms with E-state index in [-0.39, 0.29) is 11.8 Å². The van der Waals surface area contributed by atoms with E-state index < -0.39 is 0 Å². The predicted molar refractivity (Wildman–Crippen MR) is 48.4 cm³/mol. The van der Waals surface area contributed by atoms with E-state index in [0.717, 1.165) is 0 Å². The van der Waals surface area contributed by atoms with Gasteiger partial charge in [-0.05, 0) is 4.83 Å². The van der Waals surface area contributed by atoms with Crippen LogP contribution in [-0.4, -0.2) is 24.9 Å². The van der Waals surface area contributed by atoms with Gasteiger partial charge in [-0.3, -0.25) is 9.59 Å². The summed E-state index contributed by atoms with van der Waals surface area (Å²) >= 11 is 2.79. The molecule has 0 spiro atoms. The maximum atomic E-state index is 10.7. The molecule has 0 bridgehead atoms. The van der Waals surface area contributed by atoms with Crippen LogP contribution in [0.5, 0.6) is 0 Å². The minimum absolute atomic E-state index is 0.115. The molecule has 0 aromatic rings. The fraction of sp³-hybridized carbons (Fsp3) is 0.429. The molecule has 0 radical (unpaired) electrons. The first-order valence-corrected chi connectivity index (χ1v) is 4.10. The van der Waals surface area contributed by atoms with Gasteiger partial charge < -0.3 is 10.6 Å². The van der Waals surface area contributed by atoms with E-state index in [4.69, 9.17) is 0 Å². The molecule has 0 aliphatic carbocycles. The third kappa shape index (κ3) is 7.09. The Morgan fingerprint density at radius 2 is 1.92 bits per heavy atom. The maximum absolute atomic E-state index is 10.7. The van der Waals surface area contributed by atoms with Gasteiger partial charge in [0.15, 0.2) is 0 Å². The second-order valence-electron chi connectivity index (χ2n) is 1.96. The minimum atomic E-state index is -0.364. The third-order valence-corrected chi connectivity index (χ3v) is 1.14. The number of hydrogen-bond acceptors (Lipinski definition) is 2. The summed E-state index contributed by atoms with van der Waals surface area (Å²) in [7, 11) is 0. The average Bonchev–Trinajstić information content (AvgIpc) is 1.98. The van der Waals surface area contributed by atoms with E-state index >= 15 is 0 Å². The van der Waals surface area contributed by atoms with Gasteiger partial charge in [-0.15, -0.1) is 0 Å². The quantitative estimate of drug-likeness (QED) is 0.514. The molecule has 0 aromatic heterocycles. The molecule has 0 rings (SSSR count). The van der Waals surface area contributed by atoms with Crippen LogP contribution in [0.4, 0.5) is 0 Å². The number of hydrogen-bond donors (Lipinski definition) is 2. The number of rotatable bonds is 3. The predicted octanol–water partition coefficient (Wildman–Crippen LogP) is -0.406. The van der Waals surface area contributed by atoms with E-state index in [1.165, 1.54) is 6.92 Å². The van der Waals surface area contributed by atoms with Crippen molar-refractivity contribution in [3.63, 3.8) is 0 Å². The first kappa shape index (κ1) is 11.0. The lowest BCUT2D eigenvalue weighted by Crippen LogP contribution is -2.32. The molecule has 0 saturated heterocycles. The fourth-order valence-corrected chi connectivity index (χ4v) is 0.682. The first-order valence-electron chi connectivity index (χ1n) is 3.30. The average molecular weight is 233 g/mol. The van der Waals surface area contributed by atoms with Crippen LogP contribution in [0.25, 0.3) is 0 Å². The number of carbonyl (C=O) groups excluding carboxylic acids is 2. The van der Waals surface area contributed by atoms with Crippen LogP contribution < -0.4 is 10.6 Å². The highest BCUT2D eigenvalue weighted by Gasteiger charge is 1.93. The number of amides is 2. The van der Waals surface area contributed by atoms with Crippen molar-refractivity contribution in [2.75, 3.05) is 13.1 Å². The monoisotopic (exact) mass is 232 g/mol.